The van der Waals surface area contributed by atoms with Crippen LogP contribution in [0, 0.1) is 13.8 Å². The maximum atomic E-state index is 11.9. The van der Waals surface area contributed by atoms with Crippen molar-refractivity contribution >= 4 is 23.1 Å². The molecule has 0 saturated heterocycles. The van der Waals surface area contributed by atoms with Crippen LogP contribution in [0.3, 0.4) is 0 Å². The number of rotatable bonds is 5. The average Bonchev–Trinajstić information content (AvgIpc) is 2.49. The second-order valence-electron chi connectivity index (χ2n) is 5.33. The van der Waals surface area contributed by atoms with Gasteiger partial charge in [-0.15, -0.1) is 0 Å². The Morgan fingerprint density at radius 2 is 1.55 bits per heavy atom. The minimum absolute atomic E-state index is 0.00860. The van der Waals surface area contributed by atoms with Crippen LogP contribution in [-0.4, -0.2) is 18.2 Å². The van der Waals surface area contributed by atoms with Crippen molar-refractivity contribution < 1.29 is 9.59 Å². The summed E-state index contributed by atoms with van der Waals surface area (Å²) in [6.45, 7) is 5.80. The predicted molar refractivity (Wildman–Crippen MR) is 89.5 cm³/mol. The lowest BCUT2D eigenvalue weighted by Gasteiger charge is -2.09. The lowest BCUT2D eigenvalue weighted by atomic mass is 10.1. The lowest BCUT2D eigenvalue weighted by molar-refractivity contribution is -0.114. The molecule has 2 aromatic rings. The molecule has 2 aromatic carbocycles. The van der Waals surface area contributed by atoms with Crippen LogP contribution in [0.25, 0.3) is 0 Å². The number of nitrogens with one attached hydrogen (secondary N) is 2. The number of ketones is 1. The summed E-state index contributed by atoms with van der Waals surface area (Å²) in [4.78, 5) is 23.1. The summed E-state index contributed by atoms with van der Waals surface area (Å²) in [5.74, 6) is -0.122. The molecule has 0 aliphatic rings. The van der Waals surface area contributed by atoms with Crippen LogP contribution in [0.2, 0.25) is 0 Å². The number of anilines is 2. The predicted octanol–water partition coefficient (Wildman–Crippen LogP) is 3.56. The van der Waals surface area contributed by atoms with E-state index in [1.165, 1.54) is 18.1 Å². The Hall–Kier alpha value is -2.62. The van der Waals surface area contributed by atoms with Crippen LogP contribution >= 0.6 is 0 Å². The van der Waals surface area contributed by atoms with E-state index in [1.54, 1.807) is 24.3 Å². The summed E-state index contributed by atoms with van der Waals surface area (Å²) in [5, 5.41) is 5.89. The van der Waals surface area contributed by atoms with Crippen molar-refractivity contribution in [1.29, 1.82) is 0 Å². The fourth-order valence-corrected chi connectivity index (χ4v) is 2.03. The van der Waals surface area contributed by atoms with E-state index in [-0.39, 0.29) is 18.2 Å². The quantitative estimate of drug-likeness (QED) is 0.829. The van der Waals surface area contributed by atoms with Crippen LogP contribution in [0.5, 0.6) is 0 Å². The third-order valence-electron chi connectivity index (χ3n) is 3.54. The zero-order valence-corrected chi connectivity index (χ0v) is 13.1. The van der Waals surface area contributed by atoms with E-state index in [0.717, 1.165) is 5.69 Å². The zero-order valence-electron chi connectivity index (χ0n) is 13.1. The van der Waals surface area contributed by atoms with E-state index >= 15 is 0 Å². The molecule has 4 heteroatoms. The molecular weight excluding hydrogens is 276 g/mol. The number of amides is 1. The molecule has 0 saturated carbocycles. The van der Waals surface area contributed by atoms with Crippen LogP contribution < -0.4 is 10.6 Å². The van der Waals surface area contributed by atoms with Gasteiger partial charge in [-0.2, -0.15) is 0 Å². The van der Waals surface area contributed by atoms with Gasteiger partial charge in [-0.3, -0.25) is 9.59 Å². The normalized spacial score (nSPS) is 10.1. The summed E-state index contributed by atoms with van der Waals surface area (Å²) in [5.41, 5.74) is 4.64. The summed E-state index contributed by atoms with van der Waals surface area (Å²) < 4.78 is 0. The number of aryl methyl sites for hydroxylation is 2. The fourth-order valence-electron chi connectivity index (χ4n) is 2.03. The molecule has 4 nitrogen and oxygen atoms in total. The van der Waals surface area contributed by atoms with Gasteiger partial charge in [0.1, 0.15) is 0 Å². The van der Waals surface area contributed by atoms with Crippen molar-refractivity contribution in [1.82, 2.24) is 0 Å². The third kappa shape index (κ3) is 4.19. The van der Waals surface area contributed by atoms with Crippen LogP contribution in [0.1, 0.15) is 28.4 Å². The Bertz CT molecular complexity index is 691. The Morgan fingerprint density at radius 3 is 2.14 bits per heavy atom. The van der Waals surface area contributed by atoms with Gasteiger partial charge < -0.3 is 10.6 Å². The van der Waals surface area contributed by atoms with Gasteiger partial charge in [0.15, 0.2) is 5.78 Å². The highest BCUT2D eigenvalue weighted by molar-refractivity contribution is 5.96. The van der Waals surface area contributed by atoms with Gasteiger partial charge in [0.2, 0.25) is 5.91 Å². The average molecular weight is 296 g/mol. The molecule has 0 unspecified atom stereocenters. The smallest absolute Gasteiger partial charge is 0.243 e. The topological polar surface area (TPSA) is 58.2 Å². The first kappa shape index (κ1) is 15.8. The number of benzene rings is 2. The largest absolute Gasteiger partial charge is 0.376 e. The van der Waals surface area contributed by atoms with Crippen molar-refractivity contribution in [3.63, 3.8) is 0 Å². The SMILES string of the molecule is CC(=O)c1ccc(NC(=O)CNc2ccc(C)c(C)c2)cc1. The number of carbonyl (C=O) groups is 2. The first-order valence-corrected chi connectivity index (χ1v) is 7.17. The van der Waals surface area contributed by atoms with E-state index in [0.29, 0.717) is 11.3 Å². The standard InChI is InChI=1S/C18H20N2O2/c1-12-4-7-17(10-13(12)2)19-11-18(22)20-16-8-5-15(6-9-16)14(3)21/h4-10,19H,11H2,1-3H3,(H,20,22). The summed E-state index contributed by atoms with van der Waals surface area (Å²) in [7, 11) is 0. The maximum absolute atomic E-state index is 11.9. The van der Waals surface area contributed by atoms with Crippen molar-refractivity contribution in [2.45, 2.75) is 20.8 Å². The Kier molecular flexibility index (Phi) is 4.94. The van der Waals surface area contributed by atoms with Gasteiger partial charge >= 0.3 is 0 Å². The molecule has 114 valence electrons. The molecule has 0 spiro atoms. The van der Waals surface area contributed by atoms with Crippen molar-refractivity contribution in [2.24, 2.45) is 0 Å². The van der Waals surface area contributed by atoms with Crippen molar-refractivity contribution in [2.75, 3.05) is 17.2 Å². The van der Waals surface area contributed by atoms with E-state index in [4.69, 9.17) is 0 Å². The summed E-state index contributed by atoms with van der Waals surface area (Å²) in [6, 6.07) is 12.9. The van der Waals surface area contributed by atoms with Gasteiger partial charge in [0.25, 0.3) is 0 Å². The highest BCUT2D eigenvalue weighted by atomic mass is 16.2. The molecule has 0 aliphatic heterocycles. The van der Waals surface area contributed by atoms with Gasteiger partial charge in [0, 0.05) is 16.9 Å². The Labute approximate surface area is 130 Å². The number of hydrogen-bond acceptors (Lipinski definition) is 3. The number of Topliss-reactive ketones (excluding diaryl/α,β-unsaturated/α-hetero) is 1. The molecule has 0 radical (unpaired) electrons. The molecule has 0 aromatic heterocycles. The minimum atomic E-state index is -0.131. The number of carbonyl (C=O) groups excluding carboxylic acids is 2. The van der Waals surface area contributed by atoms with E-state index in [9.17, 15) is 9.59 Å². The Balaban J connectivity index is 1.89. The molecule has 0 fully saturated rings. The Morgan fingerprint density at radius 1 is 0.909 bits per heavy atom. The van der Waals surface area contributed by atoms with Crippen LogP contribution in [0.15, 0.2) is 42.5 Å². The molecule has 0 aliphatic carbocycles. The van der Waals surface area contributed by atoms with E-state index in [1.807, 2.05) is 25.1 Å². The van der Waals surface area contributed by atoms with E-state index < -0.39 is 0 Å². The molecular formula is C18H20N2O2. The molecule has 0 bridgehead atoms. The maximum Gasteiger partial charge on any atom is 0.243 e. The zero-order chi connectivity index (χ0) is 16.1. The molecule has 0 heterocycles. The fraction of sp³-hybridized carbons (Fsp3) is 0.222. The first-order valence-electron chi connectivity index (χ1n) is 7.17. The second kappa shape index (κ2) is 6.89. The van der Waals surface area contributed by atoms with Crippen molar-refractivity contribution in [3.05, 3.63) is 59.2 Å². The molecule has 0 atom stereocenters. The summed E-state index contributed by atoms with van der Waals surface area (Å²) >= 11 is 0. The first-order chi connectivity index (χ1) is 10.5. The third-order valence-corrected chi connectivity index (χ3v) is 3.54. The monoisotopic (exact) mass is 296 g/mol. The van der Waals surface area contributed by atoms with E-state index in [2.05, 4.69) is 17.6 Å². The van der Waals surface area contributed by atoms with Crippen LogP contribution in [-0.2, 0) is 4.79 Å². The molecule has 2 N–H and O–H groups in total. The van der Waals surface area contributed by atoms with Gasteiger partial charge in [-0.05, 0) is 68.3 Å². The highest BCUT2D eigenvalue weighted by Crippen LogP contribution is 2.14. The van der Waals surface area contributed by atoms with Crippen LogP contribution in [0.4, 0.5) is 11.4 Å². The summed E-state index contributed by atoms with van der Waals surface area (Å²) in [6.07, 6.45) is 0. The lowest BCUT2D eigenvalue weighted by Crippen LogP contribution is -2.21. The number of hydrogen-bond donors (Lipinski definition) is 2. The van der Waals surface area contributed by atoms with Gasteiger partial charge in [0.05, 0.1) is 6.54 Å². The minimum Gasteiger partial charge on any atom is -0.376 e. The van der Waals surface area contributed by atoms with Gasteiger partial charge in [-0.1, -0.05) is 6.07 Å². The second-order valence-corrected chi connectivity index (χ2v) is 5.33. The molecule has 1 amide bonds. The highest BCUT2D eigenvalue weighted by Gasteiger charge is 2.04. The molecule has 2 rings (SSSR count). The van der Waals surface area contributed by atoms with Crippen molar-refractivity contribution in [3.8, 4) is 0 Å². The van der Waals surface area contributed by atoms with Gasteiger partial charge in [-0.25, -0.2) is 0 Å². The molecule has 22 heavy (non-hydrogen) atoms.